The molecule has 1 unspecified atom stereocenters. The van der Waals surface area contributed by atoms with Crippen molar-refractivity contribution in [2.45, 2.75) is 18.9 Å². The number of anilines is 1. The first kappa shape index (κ1) is 19.9. The second-order valence-electron chi connectivity index (χ2n) is 6.25. The highest BCUT2D eigenvalue weighted by atomic mass is 79.9. The van der Waals surface area contributed by atoms with Crippen LogP contribution in [-0.4, -0.2) is 20.4 Å². The van der Waals surface area contributed by atoms with E-state index in [-0.39, 0.29) is 5.56 Å². The van der Waals surface area contributed by atoms with Crippen LogP contribution in [0.15, 0.2) is 45.9 Å². The monoisotopic (exact) mass is 451 g/mol. The van der Waals surface area contributed by atoms with Crippen molar-refractivity contribution < 1.29 is 13.6 Å². The molecule has 146 valence electrons. The van der Waals surface area contributed by atoms with Gasteiger partial charge in [0.1, 0.15) is 17.8 Å². The number of carbonyl (C=O) groups is 1. The van der Waals surface area contributed by atoms with Crippen molar-refractivity contribution in [3.63, 3.8) is 0 Å². The minimum absolute atomic E-state index is 0.244. The zero-order valence-corrected chi connectivity index (χ0v) is 16.5. The van der Waals surface area contributed by atoms with E-state index in [1.807, 2.05) is 0 Å². The SMILES string of the molecule is CC(Nc1ncnc2c1cc(Br)c(=O)n2C)c1cccc(C(F)(F)C(N)=O)c1. The van der Waals surface area contributed by atoms with Crippen LogP contribution in [-0.2, 0) is 17.8 Å². The van der Waals surface area contributed by atoms with E-state index >= 15 is 0 Å². The highest BCUT2D eigenvalue weighted by molar-refractivity contribution is 9.10. The second-order valence-corrected chi connectivity index (χ2v) is 7.10. The summed E-state index contributed by atoms with van der Waals surface area (Å²) in [4.78, 5) is 31.4. The number of hydrogen-bond acceptors (Lipinski definition) is 5. The first-order chi connectivity index (χ1) is 13.1. The molecule has 10 heteroatoms. The van der Waals surface area contributed by atoms with E-state index in [9.17, 15) is 18.4 Å². The molecule has 0 aliphatic heterocycles. The van der Waals surface area contributed by atoms with Gasteiger partial charge in [-0.25, -0.2) is 9.97 Å². The van der Waals surface area contributed by atoms with Crippen molar-refractivity contribution in [2.24, 2.45) is 12.8 Å². The van der Waals surface area contributed by atoms with Crippen LogP contribution in [0.3, 0.4) is 0 Å². The van der Waals surface area contributed by atoms with Crippen molar-refractivity contribution >= 4 is 38.7 Å². The van der Waals surface area contributed by atoms with Gasteiger partial charge >= 0.3 is 5.92 Å². The van der Waals surface area contributed by atoms with Crippen LogP contribution in [0.5, 0.6) is 0 Å². The smallest absolute Gasteiger partial charge is 0.349 e. The van der Waals surface area contributed by atoms with E-state index in [1.165, 1.54) is 23.0 Å². The van der Waals surface area contributed by atoms with E-state index in [0.29, 0.717) is 26.9 Å². The number of primary amides is 1. The Hall–Kier alpha value is -2.88. The van der Waals surface area contributed by atoms with E-state index in [0.717, 1.165) is 6.07 Å². The lowest BCUT2D eigenvalue weighted by Gasteiger charge is -2.19. The number of halogens is 3. The highest BCUT2D eigenvalue weighted by Crippen LogP contribution is 2.31. The van der Waals surface area contributed by atoms with Crippen LogP contribution in [0, 0.1) is 0 Å². The third-order valence-corrected chi connectivity index (χ3v) is 4.94. The molecule has 0 saturated heterocycles. The topological polar surface area (TPSA) is 103 Å². The van der Waals surface area contributed by atoms with Crippen molar-refractivity contribution in [1.29, 1.82) is 0 Å². The molecule has 7 nitrogen and oxygen atoms in total. The van der Waals surface area contributed by atoms with E-state index in [4.69, 9.17) is 5.73 Å². The summed E-state index contributed by atoms with van der Waals surface area (Å²) >= 11 is 3.21. The molecule has 0 radical (unpaired) electrons. The minimum atomic E-state index is -3.76. The van der Waals surface area contributed by atoms with Gasteiger partial charge in [-0.3, -0.25) is 14.2 Å². The Morgan fingerprint density at radius 2 is 2.04 bits per heavy atom. The third kappa shape index (κ3) is 3.47. The van der Waals surface area contributed by atoms with Crippen LogP contribution in [0.4, 0.5) is 14.6 Å². The largest absolute Gasteiger partial charge is 0.364 e. The van der Waals surface area contributed by atoms with Crippen molar-refractivity contribution in [3.05, 3.63) is 62.6 Å². The molecule has 0 bridgehead atoms. The molecule has 0 fully saturated rings. The van der Waals surface area contributed by atoms with E-state index in [1.54, 1.807) is 26.1 Å². The van der Waals surface area contributed by atoms with Gasteiger partial charge in [0.2, 0.25) is 0 Å². The molecule has 3 rings (SSSR count). The van der Waals surface area contributed by atoms with Gasteiger partial charge < -0.3 is 11.1 Å². The van der Waals surface area contributed by atoms with Gasteiger partial charge in [0, 0.05) is 18.7 Å². The molecule has 0 saturated carbocycles. The molecule has 1 aromatic carbocycles. The molecule has 2 aromatic heterocycles. The fourth-order valence-corrected chi connectivity index (χ4v) is 3.28. The second kappa shape index (κ2) is 7.27. The van der Waals surface area contributed by atoms with Crippen LogP contribution >= 0.6 is 15.9 Å². The van der Waals surface area contributed by atoms with Crippen molar-refractivity contribution in [1.82, 2.24) is 14.5 Å². The number of nitrogens with one attached hydrogen (secondary N) is 1. The maximum Gasteiger partial charge on any atom is 0.349 e. The van der Waals surface area contributed by atoms with Gasteiger partial charge in [0.15, 0.2) is 0 Å². The quantitative estimate of drug-likeness (QED) is 0.620. The first-order valence-electron chi connectivity index (χ1n) is 8.18. The van der Waals surface area contributed by atoms with Crippen molar-refractivity contribution in [2.75, 3.05) is 5.32 Å². The molecule has 2 heterocycles. The molecular weight excluding hydrogens is 436 g/mol. The fourth-order valence-electron chi connectivity index (χ4n) is 2.78. The summed E-state index contributed by atoms with van der Waals surface area (Å²) in [6, 6.07) is 6.61. The third-order valence-electron chi connectivity index (χ3n) is 4.37. The average molecular weight is 452 g/mol. The Balaban J connectivity index is 2.00. The van der Waals surface area contributed by atoms with Crippen LogP contribution in [0.25, 0.3) is 11.0 Å². The van der Waals surface area contributed by atoms with Crippen LogP contribution in [0.2, 0.25) is 0 Å². The molecule has 3 N–H and O–H groups in total. The summed E-state index contributed by atoms with van der Waals surface area (Å²) in [7, 11) is 1.59. The molecular formula is C18H16BrF2N5O2. The average Bonchev–Trinajstić information content (AvgIpc) is 2.67. The van der Waals surface area contributed by atoms with Crippen LogP contribution in [0.1, 0.15) is 24.1 Å². The summed E-state index contributed by atoms with van der Waals surface area (Å²) in [5.74, 6) is -5.04. The lowest BCUT2D eigenvalue weighted by atomic mass is 10.0. The van der Waals surface area contributed by atoms with E-state index < -0.39 is 23.4 Å². The predicted molar refractivity (Wildman–Crippen MR) is 104 cm³/mol. The van der Waals surface area contributed by atoms with Crippen molar-refractivity contribution in [3.8, 4) is 0 Å². The number of hydrogen-bond donors (Lipinski definition) is 2. The zero-order valence-electron chi connectivity index (χ0n) is 14.9. The fraction of sp³-hybridized carbons (Fsp3) is 0.222. The number of rotatable bonds is 5. The lowest BCUT2D eigenvalue weighted by molar-refractivity contribution is -0.143. The molecule has 0 aliphatic carbocycles. The molecule has 1 atom stereocenters. The number of nitrogens with zero attached hydrogens (tertiary/aromatic N) is 3. The number of amides is 1. The van der Waals surface area contributed by atoms with Gasteiger partial charge in [-0.05, 0) is 40.5 Å². The summed E-state index contributed by atoms with van der Waals surface area (Å²) in [5.41, 5.74) is 5.01. The Labute approximate surface area is 166 Å². The number of nitrogens with two attached hydrogens (primary N) is 1. The van der Waals surface area contributed by atoms with Gasteiger partial charge in [-0.15, -0.1) is 0 Å². The summed E-state index contributed by atoms with van der Waals surface area (Å²) in [5, 5.41) is 3.72. The zero-order chi connectivity index (χ0) is 20.6. The number of pyridine rings is 1. The predicted octanol–water partition coefficient (Wildman–Crippen LogP) is 2.84. The molecule has 0 aliphatic rings. The Morgan fingerprint density at radius 3 is 2.71 bits per heavy atom. The molecule has 3 aromatic rings. The minimum Gasteiger partial charge on any atom is -0.364 e. The highest BCUT2D eigenvalue weighted by Gasteiger charge is 2.39. The Kier molecular flexibility index (Phi) is 5.16. The lowest BCUT2D eigenvalue weighted by Crippen LogP contribution is -2.33. The molecule has 0 spiro atoms. The van der Waals surface area contributed by atoms with Gasteiger partial charge in [-0.1, -0.05) is 18.2 Å². The first-order valence-corrected chi connectivity index (χ1v) is 8.97. The summed E-state index contributed by atoms with van der Waals surface area (Å²) in [6.07, 6.45) is 1.31. The maximum absolute atomic E-state index is 13.9. The van der Waals surface area contributed by atoms with E-state index in [2.05, 4.69) is 31.2 Å². The number of benzene rings is 1. The molecule has 28 heavy (non-hydrogen) atoms. The normalized spacial score (nSPS) is 12.8. The number of alkyl halides is 2. The Morgan fingerprint density at radius 1 is 1.32 bits per heavy atom. The standard InChI is InChI=1S/C18H16BrF2N5O2/c1-9(10-4-3-5-11(6-10)18(20,21)17(22)28)25-14-12-7-13(19)16(27)26(2)15(12)24-8-23-14/h3-9H,1-2H3,(H2,22,28)(H,23,24,25). The summed E-state index contributed by atoms with van der Waals surface area (Å²) < 4.78 is 29.6. The summed E-state index contributed by atoms with van der Waals surface area (Å²) in [6.45, 7) is 1.76. The Bertz CT molecular complexity index is 1130. The number of fused-ring (bicyclic) bond motifs is 1. The van der Waals surface area contributed by atoms with Gasteiger partial charge in [0.05, 0.1) is 9.86 Å². The number of aryl methyl sites for hydroxylation is 1. The maximum atomic E-state index is 13.9. The van der Waals surface area contributed by atoms with Crippen LogP contribution < -0.4 is 16.6 Å². The number of carbonyl (C=O) groups excluding carboxylic acids is 1. The molecule has 1 amide bonds. The van der Waals surface area contributed by atoms with Gasteiger partial charge in [0.25, 0.3) is 11.5 Å². The van der Waals surface area contributed by atoms with Gasteiger partial charge in [-0.2, -0.15) is 8.78 Å². The number of aromatic nitrogens is 3.